The van der Waals surface area contributed by atoms with Crippen molar-refractivity contribution in [3.05, 3.63) is 34.9 Å². The van der Waals surface area contributed by atoms with Gasteiger partial charge in [-0.15, -0.1) is 0 Å². The van der Waals surface area contributed by atoms with Gasteiger partial charge in [0.2, 0.25) is 0 Å². The molecule has 1 aliphatic heterocycles. The van der Waals surface area contributed by atoms with E-state index in [0.29, 0.717) is 0 Å². The quantitative estimate of drug-likeness (QED) is 0.702. The summed E-state index contributed by atoms with van der Waals surface area (Å²) < 4.78 is 0. The zero-order valence-corrected chi connectivity index (χ0v) is 11.1. The smallest absolute Gasteiger partial charge is 0.0208 e. The van der Waals surface area contributed by atoms with Crippen molar-refractivity contribution in [2.75, 3.05) is 6.54 Å². The molecule has 88 valence electrons. The Morgan fingerprint density at radius 1 is 1.19 bits per heavy atom. The minimum atomic E-state index is 0.247. The van der Waals surface area contributed by atoms with Crippen LogP contribution in [0.5, 0.6) is 0 Å². The van der Waals surface area contributed by atoms with E-state index < -0.39 is 0 Å². The number of hydrogen-bond acceptors (Lipinski definition) is 1. The van der Waals surface area contributed by atoms with Crippen molar-refractivity contribution in [1.29, 1.82) is 0 Å². The lowest BCUT2D eigenvalue weighted by Crippen LogP contribution is -2.38. The fraction of sp³-hybridized carbons (Fsp3) is 0.600. The fourth-order valence-electron chi connectivity index (χ4n) is 2.47. The van der Waals surface area contributed by atoms with E-state index in [1.807, 2.05) is 0 Å². The molecule has 0 unspecified atom stereocenters. The van der Waals surface area contributed by atoms with Gasteiger partial charge in [-0.2, -0.15) is 0 Å². The molecule has 0 amide bonds. The van der Waals surface area contributed by atoms with E-state index in [1.165, 1.54) is 16.7 Å². The van der Waals surface area contributed by atoms with Gasteiger partial charge in [-0.05, 0) is 22.1 Å². The lowest BCUT2D eigenvalue weighted by molar-refractivity contribution is 0.433. The highest BCUT2D eigenvalue weighted by molar-refractivity contribution is 5.40. The molecule has 1 nitrogen and oxygen atoms in total. The zero-order valence-electron chi connectivity index (χ0n) is 11.1. The summed E-state index contributed by atoms with van der Waals surface area (Å²) in [7, 11) is 0. The van der Waals surface area contributed by atoms with E-state index in [4.69, 9.17) is 0 Å². The van der Waals surface area contributed by atoms with Crippen LogP contribution >= 0.6 is 0 Å². The molecule has 1 heteroatoms. The topological polar surface area (TPSA) is 12.0 Å². The van der Waals surface area contributed by atoms with Gasteiger partial charge in [0.25, 0.3) is 0 Å². The Balaban J connectivity index is 2.48. The summed E-state index contributed by atoms with van der Waals surface area (Å²) in [5.41, 5.74) is 4.94. The van der Waals surface area contributed by atoms with Crippen LogP contribution in [0.25, 0.3) is 0 Å². The first kappa shape index (κ1) is 11.7. The molecule has 1 aromatic rings. The normalized spacial score (nSPS) is 19.3. The third kappa shape index (κ3) is 2.01. The Labute approximate surface area is 99.3 Å². The molecule has 0 saturated carbocycles. The fourth-order valence-corrected chi connectivity index (χ4v) is 2.47. The van der Waals surface area contributed by atoms with Gasteiger partial charge in [-0.3, -0.25) is 0 Å². The van der Waals surface area contributed by atoms with Crippen LogP contribution in [-0.4, -0.2) is 6.54 Å². The minimum Gasteiger partial charge on any atom is -0.312 e. The number of rotatable bonds is 0. The molecule has 0 saturated heterocycles. The maximum Gasteiger partial charge on any atom is 0.0208 e. The van der Waals surface area contributed by atoms with Crippen LogP contribution in [0.2, 0.25) is 0 Å². The molecule has 0 atom stereocenters. The largest absolute Gasteiger partial charge is 0.312 e. The van der Waals surface area contributed by atoms with Crippen LogP contribution < -0.4 is 5.32 Å². The van der Waals surface area contributed by atoms with Crippen LogP contribution in [0, 0.1) is 0 Å². The Hall–Kier alpha value is -0.820. The third-order valence-corrected chi connectivity index (χ3v) is 3.58. The zero-order chi connectivity index (χ0) is 12.0. The van der Waals surface area contributed by atoms with Gasteiger partial charge in [0.05, 0.1) is 0 Å². The van der Waals surface area contributed by atoms with E-state index in [9.17, 15) is 0 Å². The van der Waals surface area contributed by atoms with Gasteiger partial charge >= 0.3 is 0 Å². The average Bonchev–Trinajstić information content (AvgIpc) is 2.15. The van der Waals surface area contributed by atoms with Crippen molar-refractivity contribution >= 4 is 0 Å². The highest BCUT2D eigenvalue weighted by atomic mass is 14.9. The van der Waals surface area contributed by atoms with E-state index in [-0.39, 0.29) is 10.8 Å². The lowest BCUT2D eigenvalue weighted by atomic mass is 9.76. The molecule has 2 rings (SSSR count). The van der Waals surface area contributed by atoms with Crippen molar-refractivity contribution in [1.82, 2.24) is 5.32 Å². The number of benzene rings is 1. The number of hydrogen-bond donors (Lipinski definition) is 1. The number of fused-ring (bicyclic) bond motifs is 1. The van der Waals surface area contributed by atoms with Gasteiger partial charge in [-0.1, -0.05) is 52.8 Å². The van der Waals surface area contributed by atoms with E-state index in [1.54, 1.807) is 0 Å². The Kier molecular flexibility index (Phi) is 2.62. The molecule has 16 heavy (non-hydrogen) atoms. The number of nitrogens with one attached hydrogen (secondary N) is 1. The first-order valence-electron chi connectivity index (χ1n) is 6.15. The van der Waals surface area contributed by atoms with E-state index >= 15 is 0 Å². The van der Waals surface area contributed by atoms with Crippen LogP contribution in [-0.2, 0) is 17.4 Å². The molecule has 0 radical (unpaired) electrons. The first-order chi connectivity index (χ1) is 7.31. The first-order valence-corrected chi connectivity index (χ1v) is 6.15. The van der Waals surface area contributed by atoms with Crippen LogP contribution in [0.1, 0.15) is 51.3 Å². The second-order valence-electron chi connectivity index (χ2n) is 6.61. The summed E-state index contributed by atoms with van der Waals surface area (Å²) in [6.45, 7) is 13.5. The SMILES string of the molecule is CC(C)(C)c1ccc2c(c1)CNCC2(C)C. The van der Waals surface area contributed by atoms with Gasteiger partial charge in [0, 0.05) is 18.5 Å². The van der Waals surface area contributed by atoms with Crippen molar-refractivity contribution in [3.8, 4) is 0 Å². The predicted molar refractivity (Wildman–Crippen MR) is 69.9 cm³/mol. The standard InChI is InChI=1S/C15H23N/c1-14(2,3)12-6-7-13-11(8-12)9-16-10-15(13,4)5/h6-8,16H,9-10H2,1-5H3. The highest BCUT2D eigenvalue weighted by Crippen LogP contribution is 2.32. The molecule has 0 aliphatic carbocycles. The van der Waals surface area contributed by atoms with Crippen molar-refractivity contribution in [2.24, 2.45) is 0 Å². The summed E-state index contributed by atoms with van der Waals surface area (Å²) in [6.07, 6.45) is 0. The van der Waals surface area contributed by atoms with Gasteiger partial charge in [-0.25, -0.2) is 0 Å². The molecule has 1 aromatic carbocycles. The summed E-state index contributed by atoms with van der Waals surface area (Å²) in [4.78, 5) is 0. The van der Waals surface area contributed by atoms with Crippen molar-refractivity contribution < 1.29 is 0 Å². The summed E-state index contributed by atoms with van der Waals surface area (Å²) in [5, 5.41) is 3.51. The molecule has 1 N–H and O–H groups in total. The average molecular weight is 217 g/mol. The Morgan fingerprint density at radius 2 is 1.88 bits per heavy atom. The monoisotopic (exact) mass is 217 g/mol. The molecule has 1 heterocycles. The van der Waals surface area contributed by atoms with Crippen LogP contribution in [0.3, 0.4) is 0 Å². The second-order valence-corrected chi connectivity index (χ2v) is 6.61. The maximum atomic E-state index is 3.51. The predicted octanol–water partition coefficient (Wildman–Crippen LogP) is 3.36. The molecule has 0 bridgehead atoms. The summed E-state index contributed by atoms with van der Waals surface area (Å²) in [5.74, 6) is 0. The molecule has 0 fully saturated rings. The molecular formula is C15H23N. The highest BCUT2D eigenvalue weighted by Gasteiger charge is 2.28. The molecule has 0 spiro atoms. The van der Waals surface area contributed by atoms with Gasteiger partial charge < -0.3 is 5.32 Å². The maximum absolute atomic E-state index is 3.51. The second kappa shape index (κ2) is 3.59. The summed E-state index contributed by atoms with van der Waals surface area (Å²) >= 11 is 0. The molecule has 1 aliphatic rings. The molecule has 0 aromatic heterocycles. The Morgan fingerprint density at radius 3 is 2.50 bits per heavy atom. The van der Waals surface area contributed by atoms with Crippen molar-refractivity contribution in [3.63, 3.8) is 0 Å². The van der Waals surface area contributed by atoms with Crippen LogP contribution in [0.4, 0.5) is 0 Å². The van der Waals surface area contributed by atoms with E-state index in [0.717, 1.165) is 13.1 Å². The Bertz CT molecular complexity index is 396. The molecular weight excluding hydrogens is 194 g/mol. The third-order valence-electron chi connectivity index (χ3n) is 3.58. The minimum absolute atomic E-state index is 0.247. The summed E-state index contributed by atoms with van der Waals surface area (Å²) in [6, 6.07) is 7.01. The van der Waals surface area contributed by atoms with E-state index in [2.05, 4.69) is 58.1 Å². The van der Waals surface area contributed by atoms with Gasteiger partial charge in [0.15, 0.2) is 0 Å². The van der Waals surface area contributed by atoms with Crippen LogP contribution in [0.15, 0.2) is 18.2 Å². The van der Waals surface area contributed by atoms with Gasteiger partial charge in [0.1, 0.15) is 0 Å². The van der Waals surface area contributed by atoms with Crippen molar-refractivity contribution in [2.45, 2.75) is 52.0 Å². The lowest BCUT2D eigenvalue weighted by Gasteiger charge is -2.34.